The lowest BCUT2D eigenvalue weighted by Crippen LogP contribution is -2.33. The Kier molecular flexibility index (Phi) is 4.45. The summed E-state index contributed by atoms with van der Waals surface area (Å²) in [5.41, 5.74) is -0.0840. The summed E-state index contributed by atoms with van der Waals surface area (Å²) in [4.78, 5) is 30.8. The van der Waals surface area contributed by atoms with Gasteiger partial charge in [-0.15, -0.1) is 0 Å². The van der Waals surface area contributed by atoms with E-state index in [2.05, 4.69) is 10.3 Å². The van der Waals surface area contributed by atoms with Crippen molar-refractivity contribution < 1.29 is 4.79 Å². The molecule has 6 nitrogen and oxygen atoms in total. The van der Waals surface area contributed by atoms with E-state index in [4.69, 9.17) is 0 Å². The maximum atomic E-state index is 12.4. The van der Waals surface area contributed by atoms with Crippen LogP contribution in [0.5, 0.6) is 0 Å². The lowest BCUT2D eigenvalue weighted by Gasteiger charge is -2.20. The number of rotatable bonds is 4. The van der Waals surface area contributed by atoms with Crippen LogP contribution >= 0.6 is 0 Å². The van der Waals surface area contributed by atoms with Gasteiger partial charge in [-0.05, 0) is 39.0 Å². The molecule has 0 spiro atoms. The highest BCUT2D eigenvalue weighted by atomic mass is 16.2. The number of hydrogen-bond acceptors (Lipinski definition) is 4. The molecule has 1 amide bonds. The van der Waals surface area contributed by atoms with Crippen LogP contribution < -0.4 is 10.9 Å². The quantitative estimate of drug-likeness (QED) is 0.914. The Balaban J connectivity index is 1.61. The largest absolute Gasteiger partial charge is 0.363 e. The summed E-state index contributed by atoms with van der Waals surface area (Å²) in [6.45, 7) is 4.39. The van der Waals surface area contributed by atoms with Gasteiger partial charge in [0.15, 0.2) is 5.82 Å². The number of amides is 1. The van der Waals surface area contributed by atoms with Crippen molar-refractivity contribution in [2.24, 2.45) is 5.92 Å². The van der Waals surface area contributed by atoms with Crippen molar-refractivity contribution >= 4 is 11.7 Å². The lowest BCUT2D eigenvalue weighted by atomic mass is 10.1. The highest BCUT2D eigenvalue weighted by molar-refractivity contribution is 5.79. The van der Waals surface area contributed by atoms with Crippen LogP contribution in [0.2, 0.25) is 0 Å². The summed E-state index contributed by atoms with van der Waals surface area (Å²) in [5.74, 6) is 0.810. The van der Waals surface area contributed by atoms with Crippen LogP contribution in [0.1, 0.15) is 39.0 Å². The zero-order valence-corrected chi connectivity index (χ0v) is 13.1. The number of carbonyl (C=O) groups is 1. The molecule has 0 radical (unpaired) electrons. The molecule has 120 valence electrons. The van der Waals surface area contributed by atoms with E-state index in [0.717, 1.165) is 45.2 Å². The van der Waals surface area contributed by atoms with Gasteiger partial charge >= 0.3 is 0 Å². The maximum Gasteiger partial charge on any atom is 0.293 e. The first kappa shape index (κ1) is 15.1. The van der Waals surface area contributed by atoms with E-state index in [1.165, 1.54) is 0 Å². The maximum absolute atomic E-state index is 12.4. The minimum absolute atomic E-state index is 0.0840. The zero-order valence-electron chi connectivity index (χ0n) is 13.1. The van der Waals surface area contributed by atoms with Gasteiger partial charge in [-0.1, -0.05) is 0 Å². The third kappa shape index (κ3) is 3.00. The summed E-state index contributed by atoms with van der Waals surface area (Å²) < 4.78 is 1.64. The Morgan fingerprint density at radius 1 is 1.36 bits per heavy atom. The summed E-state index contributed by atoms with van der Waals surface area (Å²) in [5, 5.41) is 3.24. The molecule has 0 aromatic carbocycles. The second-order valence-electron chi connectivity index (χ2n) is 6.25. The molecule has 1 saturated carbocycles. The molecule has 2 fully saturated rings. The molecule has 0 unspecified atom stereocenters. The minimum Gasteiger partial charge on any atom is -0.363 e. The summed E-state index contributed by atoms with van der Waals surface area (Å²) in [7, 11) is 0. The van der Waals surface area contributed by atoms with E-state index in [-0.39, 0.29) is 17.5 Å². The first-order valence-electron chi connectivity index (χ1n) is 8.29. The Hall–Kier alpha value is -1.85. The number of hydrogen-bond donors (Lipinski definition) is 1. The van der Waals surface area contributed by atoms with Crippen molar-refractivity contribution in [1.29, 1.82) is 0 Å². The van der Waals surface area contributed by atoms with E-state index in [0.29, 0.717) is 18.3 Å². The van der Waals surface area contributed by atoms with Gasteiger partial charge in [-0.2, -0.15) is 0 Å². The van der Waals surface area contributed by atoms with Crippen molar-refractivity contribution in [2.45, 2.75) is 51.6 Å². The molecule has 2 heterocycles. The molecular formula is C16H24N4O2. The van der Waals surface area contributed by atoms with E-state index < -0.39 is 0 Å². The summed E-state index contributed by atoms with van der Waals surface area (Å²) >= 11 is 0. The lowest BCUT2D eigenvalue weighted by molar-refractivity contribution is -0.134. The summed E-state index contributed by atoms with van der Waals surface area (Å²) in [6, 6.07) is 0.171. The molecule has 1 aliphatic carbocycles. The van der Waals surface area contributed by atoms with Gasteiger partial charge in [0.1, 0.15) is 0 Å². The molecular weight excluding hydrogens is 280 g/mol. The van der Waals surface area contributed by atoms with Crippen LogP contribution in [0.4, 0.5) is 5.82 Å². The van der Waals surface area contributed by atoms with Crippen LogP contribution in [0.15, 0.2) is 17.2 Å². The Morgan fingerprint density at radius 2 is 2.14 bits per heavy atom. The van der Waals surface area contributed by atoms with Gasteiger partial charge in [0.2, 0.25) is 5.91 Å². The highest BCUT2D eigenvalue weighted by Gasteiger charge is 2.33. The molecule has 1 N–H and O–H groups in total. The monoisotopic (exact) mass is 304 g/mol. The van der Waals surface area contributed by atoms with Crippen LogP contribution in [0.3, 0.4) is 0 Å². The molecule has 1 aromatic rings. The average Bonchev–Trinajstić information content (AvgIpc) is 3.20. The van der Waals surface area contributed by atoms with E-state index >= 15 is 0 Å². The highest BCUT2D eigenvalue weighted by Crippen LogP contribution is 2.29. The molecule has 1 aliphatic heterocycles. The number of aromatic nitrogens is 2. The molecule has 1 saturated heterocycles. The topological polar surface area (TPSA) is 67.2 Å². The average molecular weight is 304 g/mol. The van der Waals surface area contributed by atoms with Gasteiger partial charge in [0.25, 0.3) is 5.56 Å². The predicted molar refractivity (Wildman–Crippen MR) is 84.7 cm³/mol. The normalized spacial score (nSPS) is 24.7. The summed E-state index contributed by atoms with van der Waals surface area (Å²) in [6.07, 6.45) is 8.23. The van der Waals surface area contributed by atoms with Crippen LogP contribution in [0, 0.1) is 5.92 Å². The number of carbonyl (C=O) groups excluding carboxylic acids is 1. The van der Waals surface area contributed by atoms with E-state index in [9.17, 15) is 9.59 Å². The smallest absolute Gasteiger partial charge is 0.293 e. The first-order chi connectivity index (χ1) is 10.7. The first-order valence-corrected chi connectivity index (χ1v) is 8.29. The van der Waals surface area contributed by atoms with E-state index in [1.54, 1.807) is 17.0 Å². The Labute approximate surface area is 130 Å². The van der Waals surface area contributed by atoms with Crippen LogP contribution in [0.25, 0.3) is 0 Å². The Bertz CT molecular complexity index is 592. The molecule has 22 heavy (non-hydrogen) atoms. The molecule has 3 rings (SSSR count). The molecule has 2 atom stereocenters. The van der Waals surface area contributed by atoms with Crippen molar-refractivity contribution in [1.82, 2.24) is 14.5 Å². The van der Waals surface area contributed by atoms with E-state index in [1.807, 2.05) is 11.8 Å². The molecule has 6 heteroatoms. The number of likely N-dealkylation sites (tertiary alicyclic amines) is 1. The van der Waals surface area contributed by atoms with Crippen LogP contribution in [-0.2, 0) is 11.3 Å². The van der Waals surface area contributed by atoms with Crippen molar-refractivity contribution in [3.63, 3.8) is 0 Å². The van der Waals surface area contributed by atoms with Crippen molar-refractivity contribution in [3.05, 3.63) is 22.7 Å². The van der Waals surface area contributed by atoms with Gasteiger partial charge in [0, 0.05) is 44.0 Å². The van der Waals surface area contributed by atoms with Gasteiger partial charge in [0.05, 0.1) is 0 Å². The number of anilines is 1. The van der Waals surface area contributed by atoms with Gasteiger partial charge in [-0.3, -0.25) is 9.59 Å². The third-order valence-corrected chi connectivity index (χ3v) is 4.79. The standard InChI is InChI=1S/C16H24N4O2/c1-2-19-10-7-17-14(16(19)22)18-13-6-5-12(11-13)15(21)20-8-3-4-9-20/h7,10,12-13H,2-6,8-9,11H2,1H3,(H,17,18)/t12-,13+/m1/s1. The number of nitrogens with zero attached hydrogens (tertiary/aromatic N) is 3. The third-order valence-electron chi connectivity index (χ3n) is 4.79. The molecule has 2 aliphatic rings. The number of aryl methyl sites for hydroxylation is 1. The van der Waals surface area contributed by atoms with Crippen LogP contribution in [-0.4, -0.2) is 39.5 Å². The predicted octanol–water partition coefficient (Wildman–Crippen LogP) is 1.47. The fourth-order valence-corrected chi connectivity index (χ4v) is 3.52. The zero-order chi connectivity index (χ0) is 15.5. The van der Waals surface area contributed by atoms with Crippen molar-refractivity contribution in [3.8, 4) is 0 Å². The van der Waals surface area contributed by atoms with Gasteiger partial charge in [-0.25, -0.2) is 4.98 Å². The fraction of sp³-hybridized carbons (Fsp3) is 0.688. The van der Waals surface area contributed by atoms with Crippen molar-refractivity contribution in [2.75, 3.05) is 18.4 Å². The SMILES string of the molecule is CCn1ccnc(N[C@H]2CC[C@@H](C(=O)N3CCCC3)C2)c1=O. The molecule has 0 bridgehead atoms. The molecule has 1 aromatic heterocycles. The second-order valence-corrected chi connectivity index (χ2v) is 6.25. The van der Waals surface area contributed by atoms with Gasteiger partial charge < -0.3 is 14.8 Å². The second kappa shape index (κ2) is 6.50. The number of nitrogens with one attached hydrogen (secondary N) is 1. The Morgan fingerprint density at radius 3 is 2.86 bits per heavy atom. The fourth-order valence-electron chi connectivity index (χ4n) is 3.52. The minimum atomic E-state index is -0.0840.